The predicted octanol–water partition coefficient (Wildman–Crippen LogP) is 3.05. The Balaban J connectivity index is 2.48. The molecule has 2 rings (SSSR count). The normalized spacial score (nSPS) is 11.4. The molecule has 4 nitrogen and oxygen atoms in total. The van der Waals surface area contributed by atoms with Gasteiger partial charge in [-0.1, -0.05) is 30.3 Å². The van der Waals surface area contributed by atoms with Gasteiger partial charge in [0.2, 0.25) is 0 Å². The van der Waals surface area contributed by atoms with Crippen LogP contribution in [0, 0.1) is 13.8 Å². The van der Waals surface area contributed by atoms with Gasteiger partial charge in [-0.25, -0.2) is 9.97 Å². The van der Waals surface area contributed by atoms with Crippen molar-refractivity contribution in [1.82, 2.24) is 9.97 Å². The number of aromatic nitrogens is 2. The van der Waals surface area contributed by atoms with Crippen molar-refractivity contribution in [1.29, 1.82) is 0 Å². The molecule has 4 heteroatoms. The Morgan fingerprint density at radius 3 is 2.10 bits per heavy atom. The van der Waals surface area contributed by atoms with Crippen molar-refractivity contribution in [2.24, 2.45) is 0 Å². The third kappa shape index (κ3) is 3.10. The number of carbonyl (C=O) groups is 1. The van der Waals surface area contributed by atoms with Crippen molar-refractivity contribution in [3.63, 3.8) is 0 Å². The van der Waals surface area contributed by atoms with Crippen molar-refractivity contribution >= 4 is 5.97 Å². The molecule has 0 aliphatic carbocycles. The molecule has 0 aliphatic heterocycles. The van der Waals surface area contributed by atoms with Gasteiger partial charge in [-0.15, -0.1) is 0 Å². The number of nitrogens with zero attached hydrogens (tertiary/aromatic N) is 2. The summed E-state index contributed by atoms with van der Waals surface area (Å²) in [6, 6.07) is 10.1. The average Bonchev–Trinajstić information content (AvgIpc) is 2.43. The van der Waals surface area contributed by atoms with Crippen LogP contribution < -0.4 is 0 Å². The van der Waals surface area contributed by atoms with E-state index in [1.165, 1.54) is 0 Å². The van der Waals surface area contributed by atoms with Crippen molar-refractivity contribution in [3.05, 3.63) is 58.7 Å². The van der Waals surface area contributed by atoms with Crippen LogP contribution in [0.4, 0.5) is 0 Å². The molecule has 110 valence electrons. The second-order valence-corrected chi connectivity index (χ2v) is 5.76. The maximum absolute atomic E-state index is 10.9. The molecule has 21 heavy (non-hydrogen) atoms. The molecule has 0 fully saturated rings. The number of aliphatic carboxylic acids is 1. The van der Waals surface area contributed by atoms with E-state index >= 15 is 0 Å². The molecule has 0 atom stereocenters. The SMILES string of the molecule is Cc1nc(C(C)(C)c2ccccc2)nc(C)c1CC(=O)O. The highest BCUT2D eigenvalue weighted by Gasteiger charge is 2.27. The Morgan fingerprint density at radius 2 is 1.62 bits per heavy atom. The predicted molar refractivity (Wildman–Crippen MR) is 81.4 cm³/mol. The van der Waals surface area contributed by atoms with E-state index in [1.54, 1.807) is 0 Å². The monoisotopic (exact) mass is 284 g/mol. The third-order valence-corrected chi connectivity index (χ3v) is 3.80. The Kier molecular flexibility index (Phi) is 4.07. The summed E-state index contributed by atoms with van der Waals surface area (Å²) in [6.45, 7) is 7.84. The number of hydrogen-bond donors (Lipinski definition) is 1. The van der Waals surface area contributed by atoms with Gasteiger partial charge in [-0.05, 0) is 33.3 Å². The van der Waals surface area contributed by atoms with E-state index in [-0.39, 0.29) is 11.8 Å². The van der Waals surface area contributed by atoms with Gasteiger partial charge in [0.05, 0.1) is 6.42 Å². The van der Waals surface area contributed by atoms with Gasteiger partial charge in [-0.2, -0.15) is 0 Å². The Bertz CT molecular complexity index is 641. The fourth-order valence-corrected chi connectivity index (χ4v) is 2.41. The van der Waals surface area contributed by atoms with Crippen LogP contribution in [0.1, 0.15) is 42.2 Å². The molecule has 0 aliphatic rings. The lowest BCUT2D eigenvalue weighted by Gasteiger charge is -2.25. The van der Waals surface area contributed by atoms with Gasteiger partial charge < -0.3 is 5.11 Å². The number of carboxylic acids is 1. The molecule has 1 heterocycles. The van der Waals surface area contributed by atoms with E-state index in [0.29, 0.717) is 5.56 Å². The lowest BCUT2D eigenvalue weighted by Crippen LogP contribution is -2.24. The fraction of sp³-hybridized carbons (Fsp3) is 0.353. The minimum absolute atomic E-state index is 0.0380. The van der Waals surface area contributed by atoms with Gasteiger partial charge in [0.15, 0.2) is 0 Å². The quantitative estimate of drug-likeness (QED) is 0.937. The second-order valence-electron chi connectivity index (χ2n) is 5.76. The summed E-state index contributed by atoms with van der Waals surface area (Å²) in [4.78, 5) is 20.0. The zero-order valence-corrected chi connectivity index (χ0v) is 12.8. The standard InChI is InChI=1S/C17H20N2O2/c1-11-14(10-15(20)21)12(2)19-16(18-11)17(3,4)13-8-6-5-7-9-13/h5-9H,10H2,1-4H3,(H,20,21). The molecule has 0 bridgehead atoms. The number of hydrogen-bond acceptors (Lipinski definition) is 3. The molecule has 0 radical (unpaired) electrons. The average molecular weight is 284 g/mol. The summed E-state index contributed by atoms with van der Waals surface area (Å²) in [6.07, 6.45) is -0.0380. The molecular weight excluding hydrogens is 264 g/mol. The molecule has 2 aromatic rings. The van der Waals surface area contributed by atoms with Gasteiger partial charge in [-0.3, -0.25) is 4.79 Å². The molecule has 1 aromatic heterocycles. The van der Waals surface area contributed by atoms with Crippen LogP contribution in [-0.4, -0.2) is 21.0 Å². The van der Waals surface area contributed by atoms with Crippen LogP contribution in [0.15, 0.2) is 30.3 Å². The number of aryl methyl sites for hydroxylation is 2. The van der Waals surface area contributed by atoms with E-state index in [4.69, 9.17) is 5.11 Å². The second kappa shape index (κ2) is 5.64. The maximum atomic E-state index is 10.9. The van der Waals surface area contributed by atoms with Crippen molar-refractivity contribution in [2.75, 3.05) is 0 Å². The summed E-state index contributed by atoms with van der Waals surface area (Å²) in [7, 11) is 0. The van der Waals surface area contributed by atoms with Crippen LogP contribution in [0.5, 0.6) is 0 Å². The first-order valence-electron chi connectivity index (χ1n) is 6.94. The van der Waals surface area contributed by atoms with Crippen LogP contribution in [0.3, 0.4) is 0 Å². The number of benzene rings is 1. The van der Waals surface area contributed by atoms with Crippen molar-refractivity contribution in [3.8, 4) is 0 Å². The lowest BCUT2D eigenvalue weighted by atomic mass is 9.83. The Labute approximate surface area is 124 Å². The summed E-state index contributed by atoms with van der Waals surface area (Å²) in [5, 5.41) is 8.97. The third-order valence-electron chi connectivity index (χ3n) is 3.80. The van der Waals surface area contributed by atoms with Crippen molar-refractivity contribution < 1.29 is 9.90 Å². The van der Waals surface area contributed by atoms with Crippen LogP contribution in [0.2, 0.25) is 0 Å². The molecule has 0 saturated carbocycles. The van der Waals surface area contributed by atoms with Gasteiger partial charge in [0, 0.05) is 22.4 Å². The largest absolute Gasteiger partial charge is 0.481 e. The highest BCUT2D eigenvalue weighted by atomic mass is 16.4. The lowest BCUT2D eigenvalue weighted by molar-refractivity contribution is -0.136. The summed E-state index contributed by atoms with van der Waals surface area (Å²) in [5.41, 5.74) is 3.00. The Morgan fingerprint density at radius 1 is 1.10 bits per heavy atom. The van der Waals surface area contributed by atoms with E-state index < -0.39 is 5.97 Å². The minimum atomic E-state index is -0.861. The summed E-state index contributed by atoms with van der Waals surface area (Å²) < 4.78 is 0. The van der Waals surface area contributed by atoms with E-state index in [1.807, 2.05) is 32.0 Å². The smallest absolute Gasteiger partial charge is 0.307 e. The van der Waals surface area contributed by atoms with Gasteiger partial charge in [0.1, 0.15) is 5.82 Å². The van der Waals surface area contributed by atoms with Crippen LogP contribution in [-0.2, 0) is 16.6 Å². The topological polar surface area (TPSA) is 63.1 Å². The Hall–Kier alpha value is -2.23. The molecular formula is C17H20N2O2. The molecule has 0 spiro atoms. The first-order valence-corrected chi connectivity index (χ1v) is 6.94. The molecule has 1 N–H and O–H groups in total. The molecule has 0 unspecified atom stereocenters. The van der Waals surface area contributed by atoms with E-state index in [0.717, 1.165) is 22.8 Å². The first-order chi connectivity index (χ1) is 9.82. The van der Waals surface area contributed by atoms with E-state index in [2.05, 4.69) is 35.9 Å². The van der Waals surface area contributed by atoms with Crippen LogP contribution >= 0.6 is 0 Å². The summed E-state index contributed by atoms with van der Waals surface area (Å²) >= 11 is 0. The fourth-order valence-electron chi connectivity index (χ4n) is 2.41. The molecule has 0 amide bonds. The maximum Gasteiger partial charge on any atom is 0.307 e. The van der Waals surface area contributed by atoms with E-state index in [9.17, 15) is 4.79 Å². The minimum Gasteiger partial charge on any atom is -0.481 e. The highest BCUT2D eigenvalue weighted by Crippen LogP contribution is 2.29. The summed E-state index contributed by atoms with van der Waals surface area (Å²) in [5.74, 6) is -0.141. The first kappa shape index (κ1) is 15.2. The van der Waals surface area contributed by atoms with Gasteiger partial charge >= 0.3 is 5.97 Å². The highest BCUT2D eigenvalue weighted by molar-refractivity contribution is 5.70. The van der Waals surface area contributed by atoms with Crippen molar-refractivity contribution in [2.45, 2.75) is 39.5 Å². The number of rotatable bonds is 4. The van der Waals surface area contributed by atoms with Crippen LogP contribution in [0.25, 0.3) is 0 Å². The zero-order chi connectivity index (χ0) is 15.6. The van der Waals surface area contributed by atoms with Gasteiger partial charge in [0.25, 0.3) is 0 Å². The molecule has 0 saturated heterocycles. The molecule has 1 aromatic carbocycles. The zero-order valence-electron chi connectivity index (χ0n) is 12.8. The number of carboxylic acid groups (broad SMARTS) is 1.